The number of para-hydroxylation sites is 1. The Morgan fingerprint density at radius 3 is 2.66 bits per heavy atom. The molecule has 0 unspecified atom stereocenters. The normalized spacial score (nSPS) is 11.9. The predicted molar refractivity (Wildman–Crippen MR) is 117 cm³/mol. The summed E-state index contributed by atoms with van der Waals surface area (Å²) in [5, 5.41) is 8.76. The van der Waals surface area contributed by atoms with E-state index in [0.29, 0.717) is 6.54 Å². The maximum Gasteiger partial charge on any atom is 0.190 e. The highest BCUT2D eigenvalue weighted by molar-refractivity contribution is 5.84. The number of nitrogens with one attached hydrogen (secondary N) is 3. The predicted octanol–water partition coefficient (Wildman–Crippen LogP) is 3.81. The topological polar surface area (TPSA) is 65.1 Å². The first-order valence-corrected chi connectivity index (χ1v) is 9.77. The van der Waals surface area contributed by atoms with Crippen molar-refractivity contribution in [1.29, 1.82) is 0 Å². The third-order valence-corrected chi connectivity index (χ3v) is 5.04. The number of benzene rings is 2. The Balaban J connectivity index is 1.30. The van der Waals surface area contributed by atoms with Crippen molar-refractivity contribution in [2.24, 2.45) is 4.99 Å². The van der Waals surface area contributed by atoms with Crippen molar-refractivity contribution < 1.29 is 4.39 Å². The Kier molecular flexibility index (Phi) is 5.70. The van der Waals surface area contributed by atoms with Gasteiger partial charge in [0.05, 0.1) is 5.52 Å². The largest absolute Gasteiger partial charge is 0.361 e. The molecule has 4 rings (SSSR count). The van der Waals surface area contributed by atoms with Crippen LogP contribution in [0.5, 0.6) is 0 Å². The second-order valence-electron chi connectivity index (χ2n) is 6.92. The summed E-state index contributed by atoms with van der Waals surface area (Å²) in [7, 11) is 1.76. The molecule has 0 radical (unpaired) electrons. The second kappa shape index (κ2) is 8.73. The summed E-state index contributed by atoms with van der Waals surface area (Å²) < 4.78 is 13.5. The van der Waals surface area contributed by atoms with Crippen LogP contribution in [0.4, 0.5) is 4.39 Å². The average Bonchev–Trinajstić information content (AvgIpc) is 3.14. The molecule has 0 bridgehead atoms. The van der Waals surface area contributed by atoms with E-state index in [2.05, 4.69) is 49.9 Å². The van der Waals surface area contributed by atoms with E-state index in [9.17, 15) is 4.39 Å². The molecular weight excluding hydrogens is 365 g/mol. The highest BCUT2D eigenvalue weighted by atomic mass is 19.1. The number of H-pyrrole nitrogens is 1. The molecule has 148 valence electrons. The summed E-state index contributed by atoms with van der Waals surface area (Å²) in [4.78, 5) is 12.0. The van der Waals surface area contributed by atoms with Crippen LogP contribution in [0.1, 0.15) is 11.1 Å². The Hall–Kier alpha value is -3.41. The van der Waals surface area contributed by atoms with Crippen LogP contribution < -0.4 is 10.6 Å². The van der Waals surface area contributed by atoms with Gasteiger partial charge in [0.15, 0.2) is 5.96 Å². The molecule has 3 N–H and O–H groups in total. The molecule has 2 aromatic heterocycles. The van der Waals surface area contributed by atoms with E-state index in [1.54, 1.807) is 19.2 Å². The lowest BCUT2D eigenvalue weighted by Gasteiger charge is -2.12. The highest BCUT2D eigenvalue weighted by Gasteiger charge is 2.06. The van der Waals surface area contributed by atoms with Crippen molar-refractivity contribution in [2.45, 2.75) is 12.8 Å². The number of fused-ring (bicyclic) bond motifs is 2. The van der Waals surface area contributed by atoms with Crippen LogP contribution in [0.15, 0.2) is 65.9 Å². The molecule has 0 fully saturated rings. The van der Waals surface area contributed by atoms with Crippen molar-refractivity contribution in [3.63, 3.8) is 0 Å². The summed E-state index contributed by atoms with van der Waals surface area (Å²) in [5.74, 6) is 0.538. The van der Waals surface area contributed by atoms with Gasteiger partial charge in [-0.2, -0.15) is 0 Å². The molecule has 2 heterocycles. The van der Waals surface area contributed by atoms with Gasteiger partial charge in [0.1, 0.15) is 5.82 Å². The van der Waals surface area contributed by atoms with Gasteiger partial charge in [0, 0.05) is 48.8 Å². The standard InChI is InChI=1S/C23H24FN5/c1-25-23(27-12-9-17-5-2-4-16-6-3-11-26-22(16)17)28-13-10-18-15-29-21-8-7-19(24)14-20(18)21/h2-8,11,14-15,29H,9-10,12-13H2,1H3,(H2,25,27,28). The van der Waals surface area contributed by atoms with E-state index in [-0.39, 0.29) is 5.82 Å². The van der Waals surface area contributed by atoms with Gasteiger partial charge in [-0.05, 0) is 48.2 Å². The zero-order chi connectivity index (χ0) is 20.1. The van der Waals surface area contributed by atoms with Crippen LogP contribution >= 0.6 is 0 Å². The van der Waals surface area contributed by atoms with Crippen molar-refractivity contribution in [1.82, 2.24) is 20.6 Å². The first kappa shape index (κ1) is 18.9. The summed E-state index contributed by atoms with van der Waals surface area (Å²) in [6, 6.07) is 15.1. The molecule has 0 saturated carbocycles. The summed E-state index contributed by atoms with van der Waals surface area (Å²) in [6.07, 6.45) is 5.40. The van der Waals surface area contributed by atoms with Crippen molar-refractivity contribution in [3.8, 4) is 0 Å². The van der Waals surface area contributed by atoms with E-state index in [1.165, 1.54) is 11.6 Å². The monoisotopic (exact) mass is 389 g/mol. The SMILES string of the molecule is CN=C(NCCc1c[nH]c2ccc(F)cc12)NCCc1cccc2cccnc12. The molecule has 0 aliphatic carbocycles. The van der Waals surface area contributed by atoms with Gasteiger partial charge in [0.2, 0.25) is 0 Å². The molecule has 6 heteroatoms. The molecular formula is C23H24FN5. The van der Waals surface area contributed by atoms with Gasteiger partial charge in [-0.3, -0.25) is 9.98 Å². The molecule has 0 aliphatic heterocycles. The number of halogens is 1. The molecule has 29 heavy (non-hydrogen) atoms. The van der Waals surface area contributed by atoms with Gasteiger partial charge >= 0.3 is 0 Å². The number of aromatic amines is 1. The van der Waals surface area contributed by atoms with Crippen LogP contribution in [0, 0.1) is 5.82 Å². The third-order valence-electron chi connectivity index (χ3n) is 5.04. The van der Waals surface area contributed by atoms with Crippen molar-refractivity contribution in [2.75, 3.05) is 20.1 Å². The second-order valence-corrected chi connectivity index (χ2v) is 6.92. The van der Waals surface area contributed by atoms with E-state index in [0.717, 1.165) is 52.7 Å². The Labute approximate surface area is 169 Å². The number of aromatic nitrogens is 2. The summed E-state index contributed by atoms with van der Waals surface area (Å²) in [5.41, 5.74) is 4.30. The fourth-order valence-corrected chi connectivity index (χ4v) is 3.58. The molecule has 4 aromatic rings. The van der Waals surface area contributed by atoms with Gasteiger partial charge in [-0.1, -0.05) is 24.3 Å². The molecule has 0 saturated heterocycles. The summed E-state index contributed by atoms with van der Waals surface area (Å²) >= 11 is 0. The van der Waals surface area contributed by atoms with Gasteiger partial charge < -0.3 is 15.6 Å². The Morgan fingerprint density at radius 2 is 1.83 bits per heavy atom. The quantitative estimate of drug-likeness (QED) is 0.347. The number of rotatable bonds is 6. The minimum atomic E-state index is -0.216. The zero-order valence-corrected chi connectivity index (χ0v) is 16.4. The van der Waals surface area contributed by atoms with Gasteiger partial charge in [-0.25, -0.2) is 4.39 Å². The van der Waals surface area contributed by atoms with E-state index in [1.807, 2.05) is 18.5 Å². The fourth-order valence-electron chi connectivity index (χ4n) is 3.58. The number of hydrogen-bond donors (Lipinski definition) is 3. The van der Waals surface area contributed by atoms with Gasteiger partial charge in [-0.15, -0.1) is 0 Å². The van der Waals surface area contributed by atoms with E-state index in [4.69, 9.17) is 0 Å². The molecule has 2 aromatic carbocycles. The number of guanidine groups is 1. The van der Waals surface area contributed by atoms with Crippen molar-refractivity contribution in [3.05, 3.63) is 77.9 Å². The number of pyridine rings is 1. The Morgan fingerprint density at radius 1 is 1.03 bits per heavy atom. The molecule has 5 nitrogen and oxygen atoms in total. The fraction of sp³-hybridized carbons (Fsp3) is 0.217. The van der Waals surface area contributed by atoms with Crippen LogP contribution in [0.2, 0.25) is 0 Å². The van der Waals surface area contributed by atoms with Gasteiger partial charge in [0.25, 0.3) is 0 Å². The van der Waals surface area contributed by atoms with Crippen LogP contribution in [0.3, 0.4) is 0 Å². The van der Waals surface area contributed by atoms with E-state index < -0.39 is 0 Å². The van der Waals surface area contributed by atoms with Crippen LogP contribution in [-0.4, -0.2) is 36.1 Å². The lowest BCUT2D eigenvalue weighted by atomic mass is 10.1. The molecule has 0 amide bonds. The van der Waals surface area contributed by atoms with Crippen LogP contribution in [-0.2, 0) is 12.8 Å². The minimum Gasteiger partial charge on any atom is -0.361 e. The zero-order valence-electron chi connectivity index (χ0n) is 16.4. The minimum absolute atomic E-state index is 0.216. The number of nitrogens with zero attached hydrogens (tertiary/aromatic N) is 2. The number of hydrogen-bond acceptors (Lipinski definition) is 2. The molecule has 0 atom stereocenters. The average molecular weight is 389 g/mol. The Bertz CT molecular complexity index is 1140. The maximum absolute atomic E-state index is 13.5. The van der Waals surface area contributed by atoms with Crippen LogP contribution in [0.25, 0.3) is 21.8 Å². The molecule has 0 aliphatic rings. The lowest BCUT2D eigenvalue weighted by molar-refractivity contribution is 0.629. The lowest BCUT2D eigenvalue weighted by Crippen LogP contribution is -2.39. The highest BCUT2D eigenvalue weighted by Crippen LogP contribution is 2.19. The smallest absolute Gasteiger partial charge is 0.190 e. The number of aliphatic imine (C=N–C) groups is 1. The first-order valence-electron chi connectivity index (χ1n) is 9.77. The molecule has 0 spiro atoms. The summed E-state index contributed by atoms with van der Waals surface area (Å²) in [6.45, 7) is 1.46. The maximum atomic E-state index is 13.5. The first-order chi connectivity index (χ1) is 14.2. The van der Waals surface area contributed by atoms with Crippen molar-refractivity contribution >= 4 is 27.8 Å². The van der Waals surface area contributed by atoms with E-state index >= 15 is 0 Å². The third kappa shape index (κ3) is 4.37.